The van der Waals surface area contributed by atoms with Crippen LogP contribution >= 0.6 is 0 Å². The molecule has 2 saturated heterocycles. The highest BCUT2D eigenvalue weighted by molar-refractivity contribution is 7.84. The van der Waals surface area contributed by atoms with Crippen molar-refractivity contribution in [3.05, 3.63) is 0 Å². The maximum Gasteiger partial charge on any atom is 0.0741 e. The Morgan fingerprint density at radius 2 is 2.11 bits per heavy atom. The molecule has 2 aliphatic heterocycles. The highest BCUT2D eigenvalue weighted by atomic mass is 32.2. The predicted octanol–water partition coefficient (Wildman–Crippen LogP) is 1.07. The van der Waals surface area contributed by atoms with Crippen molar-refractivity contribution in [2.75, 3.05) is 37.9 Å². The normalized spacial score (nSPS) is 29.3. The van der Waals surface area contributed by atoms with Gasteiger partial charge in [0.15, 0.2) is 0 Å². The van der Waals surface area contributed by atoms with Crippen molar-refractivity contribution in [1.29, 1.82) is 0 Å². The molecule has 2 heterocycles. The third-order valence-electron chi connectivity index (χ3n) is 3.98. The summed E-state index contributed by atoms with van der Waals surface area (Å²) in [6.07, 6.45) is 4.19. The third-order valence-corrected chi connectivity index (χ3v) is 5.29. The van der Waals surface area contributed by atoms with Gasteiger partial charge in [-0.2, -0.15) is 0 Å². The molecule has 0 aromatic carbocycles. The highest BCUT2D eigenvalue weighted by Gasteiger charge is 2.38. The molecule has 4 nitrogen and oxygen atoms in total. The highest BCUT2D eigenvalue weighted by Crippen LogP contribution is 2.34. The maximum atomic E-state index is 11.4. The second-order valence-electron chi connectivity index (χ2n) is 5.22. The topological polar surface area (TPSA) is 47.6 Å². The lowest BCUT2D eigenvalue weighted by molar-refractivity contribution is -0.140. The van der Waals surface area contributed by atoms with E-state index >= 15 is 0 Å². The molecule has 0 radical (unpaired) electrons. The number of nitrogens with one attached hydrogen (secondary N) is 1. The predicted molar refractivity (Wildman–Crippen MR) is 73.3 cm³/mol. The molecule has 0 amide bonds. The zero-order valence-corrected chi connectivity index (χ0v) is 12.1. The van der Waals surface area contributed by atoms with E-state index in [-0.39, 0.29) is 5.60 Å². The minimum absolute atomic E-state index is 0.0536. The van der Waals surface area contributed by atoms with Gasteiger partial charge in [0.2, 0.25) is 0 Å². The Labute approximate surface area is 112 Å². The molecule has 2 atom stereocenters. The molecule has 0 saturated carbocycles. The molecule has 2 rings (SSSR count). The molecule has 2 unspecified atom stereocenters. The fourth-order valence-electron chi connectivity index (χ4n) is 2.82. The number of hydrogen-bond donors (Lipinski definition) is 1. The van der Waals surface area contributed by atoms with E-state index in [0.29, 0.717) is 6.04 Å². The zero-order valence-electron chi connectivity index (χ0n) is 11.3. The van der Waals surface area contributed by atoms with Gasteiger partial charge in [0.25, 0.3) is 0 Å². The molecule has 2 fully saturated rings. The van der Waals surface area contributed by atoms with Crippen LogP contribution in [0.4, 0.5) is 0 Å². The van der Waals surface area contributed by atoms with Crippen LogP contribution in [0, 0.1) is 0 Å². The Morgan fingerprint density at radius 3 is 2.83 bits per heavy atom. The quantitative estimate of drug-likeness (QED) is 0.815. The first kappa shape index (κ1) is 14.4. The Bertz CT molecular complexity index is 274. The van der Waals surface area contributed by atoms with E-state index in [1.807, 2.05) is 6.92 Å². The van der Waals surface area contributed by atoms with Gasteiger partial charge in [-0.1, -0.05) is 6.92 Å². The lowest BCUT2D eigenvalue weighted by Crippen LogP contribution is -2.50. The molecule has 0 bridgehead atoms. The first-order valence-corrected chi connectivity index (χ1v) is 8.53. The summed E-state index contributed by atoms with van der Waals surface area (Å²) < 4.78 is 22.8. The molecule has 0 aromatic rings. The van der Waals surface area contributed by atoms with Crippen LogP contribution in [0.15, 0.2) is 0 Å². The summed E-state index contributed by atoms with van der Waals surface area (Å²) in [5.74, 6) is 1.53. The van der Waals surface area contributed by atoms with Crippen molar-refractivity contribution in [2.45, 2.75) is 44.2 Å². The molecular formula is C13H25NO3S. The lowest BCUT2D eigenvalue weighted by Gasteiger charge is -2.43. The van der Waals surface area contributed by atoms with Crippen LogP contribution < -0.4 is 5.32 Å². The fraction of sp³-hybridized carbons (Fsp3) is 1.00. The Morgan fingerprint density at radius 1 is 1.33 bits per heavy atom. The molecule has 106 valence electrons. The van der Waals surface area contributed by atoms with E-state index in [0.717, 1.165) is 63.6 Å². The van der Waals surface area contributed by atoms with Crippen LogP contribution in [0.25, 0.3) is 0 Å². The second-order valence-corrected chi connectivity index (χ2v) is 7.09. The average molecular weight is 275 g/mol. The van der Waals surface area contributed by atoms with E-state index in [2.05, 4.69) is 5.32 Å². The van der Waals surface area contributed by atoms with Crippen molar-refractivity contribution in [2.24, 2.45) is 0 Å². The van der Waals surface area contributed by atoms with Gasteiger partial charge in [-0.3, -0.25) is 4.21 Å². The van der Waals surface area contributed by atoms with E-state index in [1.165, 1.54) is 0 Å². The molecule has 2 aliphatic rings. The summed E-state index contributed by atoms with van der Waals surface area (Å²) in [6.45, 7) is 5.33. The van der Waals surface area contributed by atoms with Crippen LogP contribution in [0.2, 0.25) is 0 Å². The van der Waals surface area contributed by atoms with Crippen molar-refractivity contribution < 1.29 is 13.7 Å². The Hall–Kier alpha value is 0.0300. The molecule has 1 spiro atoms. The molecule has 18 heavy (non-hydrogen) atoms. The first-order valence-electron chi connectivity index (χ1n) is 7.04. The smallest absolute Gasteiger partial charge is 0.0741 e. The van der Waals surface area contributed by atoms with E-state index in [4.69, 9.17) is 9.47 Å². The maximum absolute atomic E-state index is 11.4. The average Bonchev–Trinajstić information content (AvgIpc) is 2.39. The van der Waals surface area contributed by atoms with Gasteiger partial charge in [0.05, 0.1) is 5.60 Å². The van der Waals surface area contributed by atoms with Crippen molar-refractivity contribution in [3.8, 4) is 0 Å². The van der Waals surface area contributed by atoms with E-state index in [9.17, 15) is 4.21 Å². The van der Waals surface area contributed by atoms with Gasteiger partial charge in [0, 0.05) is 54.7 Å². The minimum atomic E-state index is -0.658. The first-order chi connectivity index (χ1) is 8.74. The van der Waals surface area contributed by atoms with Crippen molar-refractivity contribution in [3.63, 3.8) is 0 Å². The van der Waals surface area contributed by atoms with Crippen LogP contribution in [-0.2, 0) is 20.3 Å². The van der Waals surface area contributed by atoms with Crippen LogP contribution in [-0.4, -0.2) is 53.7 Å². The largest absolute Gasteiger partial charge is 0.381 e. The SMILES string of the molecule is CCS(=O)CCNC1CCOC2(CCOCC2)C1. The molecule has 5 heteroatoms. The van der Waals surface area contributed by atoms with Crippen LogP contribution in [0.5, 0.6) is 0 Å². The van der Waals surface area contributed by atoms with E-state index < -0.39 is 10.8 Å². The van der Waals surface area contributed by atoms with Crippen molar-refractivity contribution >= 4 is 10.8 Å². The van der Waals surface area contributed by atoms with Gasteiger partial charge in [0.1, 0.15) is 0 Å². The standard InChI is InChI=1S/C13H25NO3S/c1-2-18(15)10-6-14-12-3-7-17-13(11-12)4-8-16-9-5-13/h12,14H,2-11H2,1H3. The molecular weight excluding hydrogens is 250 g/mol. The summed E-state index contributed by atoms with van der Waals surface area (Å²) >= 11 is 0. The van der Waals surface area contributed by atoms with Crippen molar-refractivity contribution in [1.82, 2.24) is 5.32 Å². The number of ether oxygens (including phenoxy) is 2. The summed E-state index contributed by atoms with van der Waals surface area (Å²) in [5, 5.41) is 3.54. The number of rotatable bonds is 5. The molecule has 0 aromatic heterocycles. The summed E-state index contributed by atoms with van der Waals surface area (Å²) in [7, 11) is -0.658. The fourth-order valence-corrected chi connectivity index (χ4v) is 3.45. The number of hydrogen-bond acceptors (Lipinski definition) is 4. The van der Waals surface area contributed by atoms with Crippen LogP contribution in [0.1, 0.15) is 32.6 Å². The minimum Gasteiger partial charge on any atom is -0.381 e. The van der Waals surface area contributed by atoms with Gasteiger partial charge < -0.3 is 14.8 Å². The monoisotopic (exact) mass is 275 g/mol. The third kappa shape index (κ3) is 4.02. The summed E-state index contributed by atoms with van der Waals surface area (Å²) in [5.41, 5.74) is 0.0536. The van der Waals surface area contributed by atoms with Crippen LogP contribution in [0.3, 0.4) is 0 Å². The summed E-state index contributed by atoms with van der Waals surface area (Å²) in [4.78, 5) is 0. The van der Waals surface area contributed by atoms with Gasteiger partial charge in [-0.05, 0) is 25.7 Å². The van der Waals surface area contributed by atoms with E-state index in [1.54, 1.807) is 0 Å². The lowest BCUT2D eigenvalue weighted by atomic mass is 9.84. The molecule has 0 aliphatic carbocycles. The van der Waals surface area contributed by atoms with Gasteiger partial charge in [-0.25, -0.2) is 0 Å². The van der Waals surface area contributed by atoms with Gasteiger partial charge in [-0.15, -0.1) is 0 Å². The zero-order chi connectivity index (χ0) is 12.8. The molecule has 1 N–H and O–H groups in total. The summed E-state index contributed by atoms with van der Waals surface area (Å²) in [6, 6.07) is 0.519. The Kier molecular flexibility index (Phi) is 5.60. The Balaban J connectivity index is 1.74. The van der Waals surface area contributed by atoms with Gasteiger partial charge >= 0.3 is 0 Å². The second kappa shape index (κ2) is 6.98.